The Balaban J connectivity index is 2.22. The van der Waals surface area contributed by atoms with E-state index in [-0.39, 0.29) is 12.0 Å². The molecule has 0 amide bonds. The van der Waals surface area contributed by atoms with Gasteiger partial charge in [0.25, 0.3) is 0 Å². The van der Waals surface area contributed by atoms with Crippen LogP contribution >= 0.6 is 23.2 Å². The molecule has 2 rings (SSSR count). The van der Waals surface area contributed by atoms with Crippen molar-refractivity contribution in [1.29, 1.82) is 0 Å². The first-order valence-corrected chi connectivity index (χ1v) is 6.74. The molecule has 1 aromatic carbocycles. The molecule has 100 valence electrons. The van der Waals surface area contributed by atoms with Crippen LogP contribution in [-0.4, -0.2) is 39.5 Å². The second kappa shape index (κ2) is 6.73. The van der Waals surface area contributed by atoms with Gasteiger partial charge in [-0.15, -0.1) is 0 Å². The number of nitrogens with one attached hydrogen (secondary N) is 1. The number of ether oxygens (including phenoxy) is 2. The maximum atomic E-state index is 6.07. The molecule has 0 aliphatic carbocycles. The number of hydrogen-bond acceptors (Lipinski definition) is 3. The Bertz CT molecular complexity index is 401. The Labute approximate surface area is 117 Å². The molecule has 0 bridgehead atoms. The molecule has 0 saturated carbocycles. The van der Waals surface area contributed by atoms with E-state index < -0.39 is 0 Å². The summed E-state index contributed by atoms with van der Waals surface area (Å²) in [6.07, 6.45) is 0.0437. The Morgan fingerprint density at radius 2 is 2.22 bits per heavy atom. The van der Waals surface area contributed by atoms with Crippen LogP contribution in [-0.2, 0) is 9.47 Å². The van der Waals surface area contributed by atoms with Crippen molar-refractivity contribution in [1.82, 2.24) is 5.32 Å². The zero-order valence-electron chi connectivity index (χ0n) is 10.3. The van der Waals surface area contributed by atoms with Gasteiger partial charge in [0.15, 0.2) is 0 Å². The third-order valence-corrected chi connectivity index (χ3v) is 3.87. The predicted octanol–water partition coefficient (Wildman–Crippen LogP) is 2.71. The summed E-state index contributed by atoms with van der Waals surface area (Å²) in [5.41, 5.74) is 1.13. The first-order chi connectivity index (χ1) is 8.72. The topological polar surface area (TPSA) is 30.5 Å². The number of methoxy groups -OCH3 is 1. The predicted molar refractivity (Wildman–Crippen MR) is 73.7 cm³/mol. The van der Waals surface area contributed by atoms with E-state index in [2.05, 4.69) is 5.32 Å². The van der Waals surface area contributed by atoms with Gasteiger partial charge >= 0.3 is 0 Å². The molecule has 3 nitrogen and oxygen atoms in total. The van der Waals surface area contributed by atoms with Gasteiger partial charge in [-0.3, -0.25) is 0 Å². The summed E-state index contributed by atoms with van der Waals surface area (Å²) >= 11 is 12.0. The number of hydrogen-bond donors (Lipinski definition) is 1. The average molecular weight is 290 g/mol. The minimum atomic E-state index is 0.0437. The van der Waals surface area contributed by atoms with Crippen molar-refractivity contribution < 1.29 is 9.47 Å². The highest BCUT2D eigenvalue weighted by atomic mass is 35.5. The Morgan fingerprint density at radius 1 is 1.39 bits per heavy atom. The minimum absolute atomic E-state index is 0.0437. The van der Waals surface area contributed by atoms with Gasteiger partial charge in [0.05, 0.1) is 29.4 Å². The molecule has 1 fully saturated rings. The van der Waals surface area contributed by atoms with Crippen LogP contribution in [0.4, 0.5) is 0 Å². The van der Waals surface area contributed by atoms with Crippen molar-refractivity contribution in [3.8, 4) is 0 Å². The minimum Gasteiger partial charge on any atom is -0.382 e. The van der Waals surface area contributed by atoms with Crippen LogP contribution < -0.4 is 5.32 Å². The van der Waals surface area contributed by atoms with E-state index in [4.69, 9.17) is 32.7 Å². The van der Waals surface area contributed by atoms with E-state index >= 15 is 0 Å². The van der Waals surface area contributed by atoms with E-state index in [1.807, 2.05) is 18.2 Å². The fourth-order valence-electron chi connectivity index (χ4n) is 2.19. The average Bonchev–Trinajstić information content (AvgIpc) is 2.59. The highest BCUT2D eigenvalue weighted by Gasteiger charge is 2.26. The van der Waals surface area contributed by atoms with Crippen LogP contribution in [0.25, 0.3) is 0 Å². The quantitative estimate of drug-likeness (QED) is 0.928. The summed E-state index contributed by atoms with van der Waals surface area (Å²) in [4.78, 5) is 0. The SMILES string of the molecule is COC[C@@H]1OCCNC[C@@H]1c1ccc(Cl)c(Cl)c1. The van der Waals surface area contributed by atoms with E-state index in [9.17, 15) is 0 Å². The maximum Gasteiger partial charge on any atom is 0.0889 e. The lowest BCUT2D eigenvalue weighted by atomic mass is 9.93. The zero-order chi connectivity index (χ0) is 13.0. The van der Waals surface area contributed by atoms with E-state index in [1.54, 1.807) is 7.11 Å². The second-order valence-electron chi connectivity index (χ2n) is 4.35. The fourth-order valence-corrected chi connectivity index (χ4v) is 2.50. The van der Waals surface area contributed by atoms with Crippen LogP contribution in [0.3, 0.4) is 0 Å². The molecule has 0 aromatic heterocycles. The summed E-state index contributed by atoms with van der Waals surface area (Å²) in [5, 5.41) is 4.52. The van der Waals surface area contributed by atoms with E-state index in [0.29, 0.717) is 23.3 Å². The molecule has 5 heteroatoms. The van der Waals surface area contributed by atoms with Crippen molar-refractivity contribution in [3.63, 3.8) is 0 Å². The van der Waals surface area contributed by atoms with Gasteiger partial charge in [-0.05, 0) is 17.7 Å². The molecule has 1 aliphatic heterocycles. The smallest absolute Gasteiger partial charge is 0.0889 e. The van der Waals surface area contributed by atoms with Crippen LogP contribution in [0.2, 0.25) is 10.0 Å². The summed E-state index contributed by atoms with van der Waals surface area (Å²) in [5.74, 6) is 0.224. The molecule has 0 spiro atoms. The number of benzene rings is 1. The lowest BCUT2D eigenvalue weighted by molar-refractivity contribution is -0.00432. The Morgan fingerprint density at radius 3 is 2.94 bits per heavy atom. The van der Waals surface area contributed by atoms with Gasteiger partial charge in [0.2, 0.25) is 0 Å². The largest absolute Gasteiger partial charge is 0.382 e. The summed E-state index contributed by atoms with van der Waals surface area (Å²) in [7, 11) is 1.69. The molecule has 1 aliphatic rings. The maximum absolute atomic E-state index is 6.07. The molecule has 0 unspecified atom stereocenters. The van der Waals surface area contributed by atoms with Crippen LogP contribution in [0.5, 0.6) is 0 Å². The van der Waals surface area contributed by atoms with E-state index in [1.165, 1.54) is 0 Å². The first-order valence-electron chi connectivity index (χ1n) is 5.98. The molecule has 1 aromatic rings. The molecule has 18 heavy (non-hydrogen) atoms. The summed E-state index contributed by atoms with van der Waals surface area (Å²) in [6.45, 7) is 2.99. The van der Waals surface area contributed by atoms with Crippen LogP contribution in [0.1, 0.15) is 11.5 Å². The fraction of sp³-hybridized carbons (Fsp3) is 0.538. The third kappa shape index (κ3) is 3.37. The number of rotatable bonds is 3. The van der Waals surface area contributed by atoms with Crippen molar-refractivity contribution in [3.05, 3.63) is 33.8 Å². The number of halogens is 2. The highest BCUT2D eigenvalue weighted by molar-refractivity contribution is 6.42. The van der Waals surface area contributed by atoms with Gasteiger partial charge in [0.1, 0.15) is 0 Å². The zero-order valence-corrected chi connectivity index (χ0v) is 11.8. The highest BCUT2D eigenvalue weighted by Crippen LogP contribution is 2.29. The summed E-state index contributed by atoms with van der Waals surface area (Å²) in [6, 6.07) is 5.74. The van der Waals surface area contributed by atoms with E-state index in [0.717, 1.165) is 18.7 Å². The van der Waals surface area contributed by atoms with Crippen LogP contribution in [0.15, 0.2) is 18.2 Å². The monoisotopic (exact) mass is 289 g/mol. The third-order valence-electron chi connectivity index (χ3n) is 3.13. The molecule has 1 heterocycles. The Hall–Kier alpha value is -0.320. The normalized spacial score (nSPS) is 24.8. The second-order valence-corrected chi connectivity index (χ2v) is 5.16. The van der Waals surface area contributed by atoms with Gasteiger partial charge < -0.3 is 14.8 Å². The molecule has 2 atom stereocenters. The molecular weight excluding hydrogens is 273 g/mol. The molecular formula is C13H17Cl2NO2. The molecule has 1 N–H and O–H groups in total. The van der Waals surface area contributed by atoms with Gasteiger partial charge in [0, 0.05) is 26.1 Å². The van der Waals surface area contributed by atoms with Crippen molar-refractivity contribution in [2.24, 2.45) is 0 Å². The lowest BCUT2D eigenvalue weighted by Gasteiger charge is -2.24. The lowest BCUT2D eigenvalue weighted by Crippen LogP contribution is -2.30. The summed E-state index contributed by atoms with van der Waals surface area (Å²) < 4.78 is 11.0. The van der Waals surface area contributed by atoms with Crippen molar-refractivity contribution in [2.75, 3.05) is 33.4 Å². The molecule has 1 saturated heterocycles. The van der Waals surface area contributed by atoms with Crippen molar-refractivity contribution in [2.45, 2.75) is 12.0 Å². The van der Waals surface area contributed by atoms with Gasteiger partial charge in [-0.1, -0.05) is 29.3 Å². The van der Waals surface area contributed by atoms with Crippen LogP contribution in [0, 0.1) is 0 Å². The van der Waals surface area contributed by atoms with Gasteiger partial charge in [-0.2, -0.15) is 0 Å². The van der Waals surface area contributed by atoms with Crippen molar-refractivity contribution >= 4 is 23.2 Å². The molecule has 0 radical (unpaired) electrons. The van der Waals surface area contributed by atoms with Gasteiger partial charge in [-0.25, -0.2) is 0 Å². The first kappa shape index (κ1) is 14.1. The standard InChI is InChI=1S/C13H17Cl2NO2/c1-17-8-13-10(7-16-4-5-18-13)9-2-3-11(14)12(15)6-9/h2-3,6,10,13,16H,4-5,7-8H2,1H3/t10-,13+/m1/s1. The Kier molecular flexibility index (Phi) is 5.27.